The van der Waals surface area contributed by atoms with Crippen LogP contribution in [0.5, 0.6) is 5.75 Å². The fraction of sp³-hybridized carbons (Fsp3) is 0.154. The van der Waals surface area contributed by atoms with E-state index >= 15 is 0 Å². The predicted molar refractivity (Wildman–Crippen MR) is 124 cm³/mol. The fourth-order valence-corrected chi connectivity index (χ4v) is 3.47. The van der Waals surface area contributed by atoms with E-state index in [9.17, 15) is 4.79 Å². The van der Waals surface area contributed by atoms with Crippen molar-refractivity contribution >= 4 is 12.1 Å². The number of hydrogen-bond acceptors (Lipinski definition) is 4. The maximum absolute atomic E-state index is 11.5. The first-order valence-corrected chi connectivity index (χ1v) is 10.3. The number of hydrogen-bond donors (Lipinski definition) is 0. The zero-order valence-corrected chi connectivity index (χ0v) is 17.5. The highest BCUT2D eigenvalue weighted by Crippen LogP contribution is 2.24. The Kier molecular flexibility index (Phi) is 6.43. The second-order valence-corrected chi connectivity index (χ2v) is 7.39. The molecule has 0 fully saturated rings. The van der Waals surface area contributed by atoms with Gasteiger partial charge in [0, 0.05) is 43.3 Å². The zero-order chi connectivity index (χ0) is 21.5. The van der Waals surface area contributed by atoms with Gasteiger partial charge in [0.1, 0.15) is 18.2 Å². The van der Waals surface area contributed by atoms with Crippen molar-refractivity contribution < 1.29 is 9.53 Å². The van der Waals surface area contributed by atoms with Gasteiger partial charge in [0.05, 0.1) is 6.54 Å². The molecular formula is C26H25N3O2. The maximum atomic E-state index is 11.5. The van der Waals surface area contributed by atoms with Gasteiger partial charge in [0.2, 0.25) is 0 Å². The van der Waals surface area contributed by atoms with Crippen molar-refractivity contribution in [2.45, 2.75) is 6.54 Å². The summed E-state index contributed by atoms with van der Waals surface area (Å²) in [6, 6.07) is 23.9. The van der Waals surface area contributed by atoms with Gasteiger partial charge in [-0.15, -0.1) is 0 Å². The van der Waals surface area contributed by atoms with Crippen molar-refractivity contribution in [1.29, 1.82) is 0 Å². The average molecular weight is 412 g/mol. The van der Waals surface area contributed by atoms with Gasteiger partial charge in [-0.3, -0.25) is 4.79 Å². The monoisotopic (exact) mass is 411 g/mol. The van der Waals surface area contributed by atoms with Gasteiger partial charge in [-0.25, -0.2) is 4.98 Å². The Morgan fingerprint density at radius 2 is 1.74 bits per heavy atom. The van der Waals surface area contributed by atoms with Crippen LogP contribution in [0.2, 0.25) is 0 Å². The van der Waals surface area contributed by atoms with Gasteiger partial charge >= 0.3 is 0 Å². The number of likely N-dealkylation sites (N-methyl/N-ethyl adjacent to an activating group) is 1. The van der Waals surface area contributed by atoms with E-state index in [4.69, 9.17) is 4.74 Å². The molecule has 0 unspecified atom stereocenters. The van der Waals surface area contributed by atoms with Crippen LogP contribution in [0.15, 0.2) is 91.4 Å². The van der Waals surface area contributed by atoms with Crippen LogP contribution in [-0.4, -0.2) is 36.0 Å². The van der Waals surface area contributed by atoms with E-state index in [1.54, 1.807) is 6.20 Å². The van der Waals surface area contributed by atoms with Crippen LogP contribution in [0, 0.1) is 0 Å². The summed E-state index contributed by atoms with van der Waals surface area (Å²) in [5, 5.41) is 0. The molecule has 2 aromatic carbocycles. The zero-order valence-electron chi connectivity index (χ0n) is 17.5. The van der Waals surface area contributed by atoms with E-state index in [2.05, 4.69) is 22.0 Å². The molecule has 156 valence electrons. The molecule has 2 aromatic heterocycles. The van der Waals surface area contributed by atoms with E-state index in [0.717, 1.165) is 41.1 Å². The normalized spacial score (nSPS) is 10.6. The summed E-state index contributed by atoms with van der Waals surface area (Å²) in [4.78, 5) is 17.9. The van der Waals surface area contributed by atoms with E-state index in [0.29, 0.717) is 18.7 Å². The third-order valence-corrected chi connectivity index (χ3v) is 5.15. The number of rotatable bonds is 9. The third-order valence-electron chi connectivity index (χ3n) is 5.15. The first-order chi connectivity index (χ1) is 15.2. The fourth-order valence-electron chi connectivity index (χ4n) is 3.47. The number of pyridine rings is 1. The molecule has 5 heteroatoms. The number of carbonyl (C=O) groups excluding carboxylic acids is 1. The van der Waals surface area contributed by atoms with E-state index in [-0.39, 0.29) is 0 Å². The summed E-state index contributed by atoms with van der Waals surface area (Å²) in [6.45, 7) is 2.02. The second-order valence-electron chi connectivity index (χ2n) is 7.39. The minimum Gasteiger partial charge on any atom is -0.492 e. The quantitative estimate of drug-likeness (QED) is 0.367. The van der Waals surface area contributed by atoms with Crippen molar-refractivity contribution in [2.24, 2.45) is 0 Å². The Hall–Kier alpha value is -3.86. The minimum atomic E-state index is 0.577. The van der Waals surface area contributed by atoms with Gasteiger partial charge in [0.15, 0.2) is 6.29 Å². The number of benzene rings is 2. The molecule has 0 aliphatic rings. The number of anilines is 1. The molecule has 0 saturated heterocycles. The standard InChI is InChI=1S/C26H25N3O2/c1-28(26-9-5-6-14-27-26)15-16-31-24-12-10-21(11-13-24)17-29-18-23(20-30)25(19-29)22-7-3-2-4-8-22/h2-14,18-20H,15-17H2,1H3. The lowest BCUT2D eigenvalue weighted by molar-refractivity contribution is 0.112. The predicted octanol–water partition coefficient (Wildman–Crippen LogP) is 4.93. The van der Waals surface area contributed by atoms with Gasteiger partial charge in [-0.05, 0) is 35.4 Å². The Balaban J connectivity index is 1.35. The molecule has 0 spiro atoms. The van der Waals surface area contributed by atoms with Gasteiger partial charge < -0.3 is 14.2 Å². The Morgan fingerprint density at radius 3 is 2.45 bits per heavy atom. The number of carbonyl (C=O) groups is 1. The molecule has 0 amide bonds. The van der Waals surface area contributed by atoms with Gasteiger partial charge in [-0.2, -0.15) is 0 Å². The SMILES string of the molecule is CN(CCOc1ccc(Cn2cc(C=O)c(-c3ccccc3)c2)cc1)c1ccccn1. The van der Waals surface area contributed by atoms with Crippen LogP contribution in [0.3, 0.4) is 0 Å². The van der Waals surface area contributed by atoms with E-state index < -0.39 is 0 Å². The summed E-state index contributed by atoms with van der Waals surface area (Å²) >= 11 is 0. The largest absolute Gasteiger partial charge is 0.492 e. The summed E-state index contributed by atoms with van der Waals surface area (Å²) in [6.07, 6.45) is 6.62. The van der Waals surface area contributed by atoms with Gasteiger partial charge in [-0.1, -0.05) is 48.5 Å². The van der Waals surface area contributed by atoms with Gasteiger partial charge in [0.25, 0.3) is 0 Å². The first-order valence-electron chi connectivity index (χ1n) is 10.3. The summed E-state index contributed by atoms with van der Waals surface area (Å²) in [5.74, 6) is 1.77. The molecule has 0 aliphatic heterocycles. The van der Waals surface area contributed by atoms with Crippen LogP contribution >= 0.6 is 0 Å². The minimum absolute atomic E-state index is 0.577. The highest BCUT2D eigenvalue weighted by atomic mass is 16.5. The molecule has 2 heterocycles. The van der Waals surface area contributed by atoms with Crippen LogP contribution in [0.1, 0.15) is 15.9 Å². The van der Waals surface area contributed by atoms with Crippen molar-refractivity contribution in [2.75, 3.05) is 25.1 Å². The smallest absolute Gasteiger partial charge is 0.152 e. The molecule has 5 nitrogen and oxygen atoms in total. The Bertz CT molecular complexity index is 1110. The lowest BCUT2D eigenvalue weighted by Gasteiger charge is -2.18. The molecule has 0 aliphatic carbocycles. The van der Waals surface area contributed by atoms with Crippen molar-refractivity contribution in [3.8, 4) is 16.9 Å². The van der Waals surface area contributed by atoms with E-state index in [1.807, 2.05) is 84.7 Å². The highest BCUT2D eigenvalue weighted by molar-refractivity contribution is 5.87. The third kappa shape index (κ3) is 5.20. The molecule has 0 saturated carbocycles. The average Bonchev–Trinajstić information content (AvgIpc) is 3.24. The molecule has 31 heavy (non-hydrogen) atoms. The summed E-state index contributed by atoms with van der Waals surface area (Å²) in [7, 11) is 2.00. The van der Waals surface area contributed by atoms with Crippen LogP contribution in [-0.2, 0) is 6.54 Å². The van der Waals surface area contributed by atoms with Crippen LogP contribution < -0.4 is 9.64 Å². The lowest BCUT2D eigenvalue weighted by atomic mass is 10.1. The first kappa shape index (κ1) is 20.4. The van der Waals surface area contributed by atoms with Crippen molar-refractivity contribution in [1.82, 2.24) is 9.55 Å². The Morgan fingerprint density at radius 1 is 0.968 bits per heavy atom. The molecular weight excluding hydrogens is 386 g/mol. The molecule has 0 N–H and O–H groups in total. The second kappa shape index (κ2) is 9.76. The Labute approximate surface area is 182 Å². The molecule has 0 atom stereocenters. The summed E-state index contributed by atoms with van der Waals surface area (Å²) < 4.78 is 7.92. The van der Waals surface area contributed by atoms with Crippen molar-refractivity contribution in [3.63, 3.8) is 0 Å². The molecule has 0 bridgehead atoms. The molecule has 4 rings (SSSR count). The maximum Gasteiger partial charge on any atom is 0.152 e. The number of aldehydes is 1. The number of nitrogens with zero attached hydrogens (tertiary/aromatic N) is 3. The molecule has 4 aromatic rings. The molecule has 0 radical (unpaired) electrons. The summed E-state index contributed by atoms with van der Waals surface area (Å²) in [5.41, 5.74) is 3.84. The number of aromatic nitrogens is 2. The van der Waals surface area contributed by atoms with Crippen molar-refractivity contribution in [3.05, 3.63) is 103 Å². The van der Waals surface area contributed by atoms with E-state index in [1.165, 1.54) is 0 Å². The lowest BCUT2D eigenvalue weighted by Crippen LogP contribution is -2.24. The van der Waals surface area contributed by atoms with Crippen LogP contribution in [0.4, 0.5) is 5.82 Å². The highest BCUT2D eigenvalue weighted by Gasteiger charge is 2.09. The van der Waals surface area contributed by atoms with Crippen LogP contribution in [0.25, 0.3) is 11.1 Å². The topological polar surface area (TPSA) is 47.4 Å². The number of ether oxygens (including phenoxy) is 1.